The summed E-state index contributed by atoms with van der Waals surface area (Å²) in [5.41, 5.74) is -0.0694. The zero-order chi connectivity index (χ0) is 32.4. The van der Waals surface area contributed by atoms with E-state index in [1.807, 2.05) is 17.0 Å². The van der Waals surface area contributed by atoms with Crippen LogP contribution < -0.4 is 9.64 Å². The van der Waals surface area contributed by atoms with Gasteiger partial charge in [0.1, 0.15) is 42.3 Å². The molecule has 0 spiro atoms. The molecule has 0 saturated carbocycles. The largest absolute Gasteiger partial charge is 0.426 e. The number of amides is 2. The van der Waals surface area contributed by atoms with E-state index in [0.29, 0.717) is 36.3 Å². The Labute approximate surface area is 262 Å². The monoisotopic (exact) mass is 631 g/mol. The molecule has 0 bridgehead atoms. The molecule has 3 aromatic carbocycles. The zero-order valence-electron chi connectivity index (χ0n) is 25.1. The van der Waals surface area contributed by atoms with Gasteiger partial charge in [-0.15, -0.1) is 5.10 Å². The number of tetrazole rings is 1. The number of urea groups is 1. The highest BCUT2D eigenvalue weighted by atomic mass is 19.1. The van der Waals surface area contributed by atoms with Crippen molar-refractivity contribution in [2.75, 3.05) is 31.2 Å². The Balaban J connectivity index is 1.21. The van der Waals surface area contributed by atoms with Crippen LogP contribution >= 0.6 is 0 Å². The van der Waals surface area contributed by atoms with Crippen molar-refractivity contribution >= 4 is 24.0 Å². The number of carbonyl (C=O) groups excluding carboxylic acids is 2. The van der Waals surface area contributed by atoms with E-state index in [-0.39, 0.29) is 31.4 Å². The lowest BCUT2D eigenvalue weighted by atomic mass is 9.85. The summed E-state index contributed by atoms with van der Waals surface area (Å²) in [5, 5.41) is 29.4. The lowest BCUT2D eigenvalue weighted by molar-refractivity contribution is -0.131. The molecule has 1 aromatic heterocycles. The Morgan fingerprint density at radius 2 is 1.83 bits per heavy atom. The molecule has 3 heterocycles. The van der Waals surface area contributed by atoms with Crippen molar-refractivity contribution in [2.45, 2.75) is 32.0 Å². The second-order valence-electron chi connectivity index (χ2n) is 11.1. The number of nitrogens with zero attached hydrogens (tertiary/aromatic N) is 9. The molecule has 13 nitrogen and oxygen atoms in total. The molecule has 1 N–H and O–H groups in total. The summed E-state index contributed by atoms with van der Waals surface area (Å²) in [5.74, 6) is -1.75. The SMILES string of the molecule is CC(=O)Oc1ccccc1CN1C=NN(C[C@](O)(c2ccc(F)cc2F)[C@@H](C)N2CCN(c3ccc(-n4cnnn4)cc3)C2=O)C1. The van der Waals surface area contributed by atoms with Gasteiger partial charge in [-0.2, -0.15) is 5.10 Å². The number of β-amino-alcohol motifs (C(OH)–C–C–N with tert-alkyl or cyclic N) is 1. The van der Waals surface area contributed by atoms with Gasteiger partial charge in [-0.1, -0.05) is 24.3 Å². The first-order valence-electron chi connectivity index (χ1n) is 14.5. The number of hydrazone groups is 1. The number of carbonyl (C=O) groups is 2. The Hall–Kier alpha value is -5.44. The molecular formula is C31H31F2N9O4. The minimum Gasteiger partial charge on any atom is -0.426 e. The molecule has 4 aromatic rings. The fourth-order valence-electron chi connectivity index (χ4n) is 5.75. The summed E-state index contributed by atoms with van der Waals surface area (Å²) < 4.78 is 36.1. The van der Waals surface area contributed by atoms with E-state index < -0.39 is 29.2 Å². The molecule has 2 amide bonds. The van der Waals surface area contributed by atoms with Crippen LogP contribution in [0, 0.1) is 11.6 Å². The number of rotatable bonds is 10. The molecule has 0 unspecified atom stereocenters. The van der Waals surface area contributed by atoms with Gasteiger partial charge < -0.3 is 19.6 Å². The Morgan fingerprint density at radius 1 is 1.07 bits per heavy atom. The molecule has 46 heavy (non-hydrogen) atoms. The van der Waals surface area contributed by atoms with Crippen LogP contribution in [0.1, 0.15) is 25.0 Å². The van der Waals surface area contributed by atoms with Gasteiger partial charge in [0.05, 0.1) is 18.3 Å². The third-order valence-electron chi connectivity index (χ3n) is 8.12. The summed E-state index contributed by atoms with van der Waals surface area (Å²) in [6, 6.07) is 15.8. The van der Waals surface area contributed by atoms with Gasteiger partial charge in [0.15, 0.2) is 0 Å². The quantitative estimate of drug-likeness (QED) is 0.207. The number of anilines is 1. The number of hydrogen-bond donors (Lipinski definition) is 1. The van der Waals surface area contributed by atoms with E-state index in [1.54, 1.807) is 59.6 Å². The molecule has 2 aliphatic heterocycles. The van der Waals surface area contributed by atoms with Gasteiger partial charge in [0, 0.05) is 49.4 Å². The highest BCUT2D eigenvalue weighted by Gasteiger charge is 2.47. The molecule has 0 aliphatic carbocycles. The van der Waals surface area contributed by atoms with E-state index >= 15 is 4.39 Å². The number of aliphatic hydroxyl groups is 1. The fraction of sp³-hybridized carbons (Fsp3) is 0.290. The predicted molar refractivity (Wildman–Crippen MR) is 162 cm³/mol. The van der Waals surface area contributed by atoms with Crippen molar-refractivity contribution in [2.24, 2.45) is 5.10 Å². The first kappa shape index (κ1) is 30.6. The molecule has 1 saturated heterocycles. The third-order valence-corrected chi connectivity index (χ3v) is 8.12. The van der Waals surface area contributed by atoms with E-state index in [4.69, 9.17) is 4.74 Å². The van der Waals surface area contributed by atoms with E-state index in [9.17, 15) is 19.1 Å². The maximum atomic E-state index is 15.3. The van der Waals surface area contributed by atoms with Crippen LogP contribution in [0.3, 0.4) is 0 Å². The number of esters is 1. The van der Waals surface area contributed by atoms with E-state index in [2.05, 4.69) is 20.6 Å². The number of para-hydroxylation sites is 1. The van der Waals surface area contributed by atoms with Gasteiger partial charge in [0.25, 0.3) is 0 Å². The number of ether oxygens (including phenoxy) is 1. The first-order valence-corrected chi connectivity index (χ1v) is 14.5. The van der Waals surface area contributed by atoms with Crippen LogP contribution in [0.2, 0.25) is 0 Å². The highest BCUT2D eigenvalue weighted by Crippen LogP contribution is 2.35. The van der Waals surface area contributed by atoms with Gasteiger partial charge in [-0.05, 0) is 53.7 Å². The van der Waals surface area contributed by atoms with Crippen molar-refractivity contribution in [3.05, 3.63) is 95.8 Å². The zero-order valence-corrected chi connectivity index (χ0v) is 25.1. The van der Waals surface area contributed by atoms with E-state index in [1.165, 1.54) is 28.9 Å². The van der Waals surface area contributed by atoms with Gasteiger partial charge in [-0.25, -0.2) is 18.3 Å². The second-order valence-corrected chi connectivity index (χ2v) is 11.1. The summed E-state index contributed by atoms with van der Waals surface area (Å²) in [6.07, 6.45) is 3.03. The lowest BCUT2D eigenvalue weighted by Gasteiger charge is -2.41. The van der Waals surface area contributed by atoms with Crippen LogP contribution in [0.4, 0.5) is 19.3 Å². The number of hydrogen-bond acceptors (Lipinski definition) is 10. The van der Waals surface area contributed by atoms with Gasteiger partial charge in [0.2, 0.25) is 0 Å². The summed E-state index contributed by atoms with van der Waals surface area (Å²) in [6.45, 7) is 3.88. The number of halogens is 2. The average Bonchev–Trinajstić information content (AvgIpc) is 3.80. The van der Waals surface area contributed by atoms with Gasteiger partial charge >= 0.3 is 12.0 Å². The van der Waals surface area contributed by atoms with Crippen molar-refractivity contribution in [1.82, 2.24) is 35.0 Å². The van der Waals surface area contributed by atoms with Gasteiger partial charge in [-0.3, -0.25) is 14.7 Å². The van der Waals surface area contributed by atoms with Crippen molar-refractivity contribution < 1.29 is 28.2 Å². The van der Waals surface area contributed by atoms with Crippen LogP contribution in [0.15, 0.2) is 78.2 Å². The molecule has 2 atom stereocenters. The maximum Gasteiger partial charge on any atom is 0.324 e. The standard InChI is InChI=1S/C31H31F2N9O4/c1-21(40-13-14-41(30(40)44)25-8-10-26(11-9-25)42-18-34-36-37-42)31(45,27-12-7-24(32)15-28(27)33)17-39-20-38(19-35-39)16-23-5-3-4-6-29(23)46-22(2)43/h3-12,15,18-19,21,45H,13-14,16-17,20H2,1-2H3/t21-,31-/m1/s1. The second kappa shape index (κ2) is 12.5. The summed E-state index contributed by atoms with van der Waals surface area (Å²) >= 11 is 0. The summed E-state index contributed by atoms with van der Waals surface area (Å²) in [4.78, 5) is 30.2. The van der Waals surface area contributed by atoms with E-state index in [0.717, 1.165) is 11.6 Å². The van der Waals surface area contributed by atoms with Crippen LogP contribution in [-0.4, -0.2) is 90.8 Å². The normalized spacial score (nSPS) is 16.7. The van der Waals surface area contributed by atoms with Crippen molar-refractivity contribution in [3.63, 3.8) is 0 Å². The maximum absolute atomic E-state index is 15.3. The minimum atomic E-state index is -1.99. The van der Waals surface area contributed by atoms with Crippen molar-refractivity contribution in [3.8, 4) is 11.4 Å². The number of aromatic nitrogens is 4. The highest BCUT2D eigenvalue weighted by molar-refractivity contribution is 5.94. The topological polar surface area (TPSA) is 133 Å². The predicted octanol–water partition coefficient (Wildman–Crippen LogP) is 3.10. The smallest absolute Gasteiger partial charge is 0.324 e. The average molecular weight is 632 g/mol. The third kappa shape index (κ3) is 6.08. The van der Waals surface area contributed by atoms with Crippen LogP contribution in [-0.2, 0) is 16.9 Å². The molecule has 6 rings (SSSR count). The molecular weight excluding hydrogens is 600 g/mol. The minimum absolute atomic E-state index is 0.160. The Kier molecular flexibility index (Phi) is 8.32. The molecule has 2 aliphatic rings. The van der Waals surface area contributed by atoms with Crippen molar-refractivity contribution in [1.29, 1.82) is 0 Å². The molecule has 238 valence electrons. The lowest BCUT2D eigenvalue weighted by Crippen LogP contribution is -2.55. The first-order chi connectivity index (χ1) is 22.1. The molecule has 15 heteroatoms. The Bertz CT molecular complexity index is 1760. The summed E-state index contributed by atoms with van der Waals surface area (Å²) in [7, 11) is 0. The molecule has 1 fully saturated rings. The fourth-order valence-corrected chi connectivity index (χ4v) is 5.75. The van der Waals surface area contributed by atoms with Crippen LogP contribution in [0.25, 0.3) is 5.69 Å². The molecule has 0 radical (unpaired) electrons. The number of benzene rings is 3. The van der Waals surface area contributed by atoms with Crippen LogP contribution in [0.5, 0.6) is 5.75 Å². The Morgan fingerprint density at radius 3 is 2.54 bits per heavy atom.